The Kier molecular flexibility index (Phi) is 3.95. The molecule has 0 aromatic carbocycles. The molecule has 11 heavy (non-hydrogen) atoms. The van der Waals surface area contributed by atoms with Crippen LogP contribution in [0.25, 0.3) is 0 Å². The van der Waals surface area contributed by atoms with Crippen LogP contribution in [0, 0.1) is 0 Å². The molecule has 0 rings (SSSR count). The lowest BCUT2D eigenvalue weighted by Crippen LogP contribution is -2.12. The van der Waals surface area contributed by atoms with Crippen molar-refractivity contribution in [3.05, 3.63) is 0 Å². The summed E-state index contributed by atoms with van der Waals surface area (Å²) in [6.45, 7) is 2.65. The zero-order valence-electron chi connectivity index (χ0n) is 6.35. The molecule has 0 spiro atoms. The molecule has 0 saturated heterocycles. The third kappa shape index (κ3) is 4.72. The van der Waals surface area contributed by atoms with Gasteiger partial charge in [0.05, 0.1) is 0 Å². The maximum atomic E-state index is 10.6. The molecule has 0 amide bonds. The summed E-state index contributed by atoms with van der Waals surface area (Å²) in [6.07, 6.45) is -0.613. The first-order chi connectivity index (χ1) is 4.83. The van der Waals surface area contributed by atoms with Gasteiger partial charge in [-0.3, -0.25) is 4.31 Å². The number of hydrogen-bond acceptors (Lipinski definition) is 5. The maximum absolute atomic E-state index is 10.6. The highest BCUT2D eigenvalue weighted by molar-refractivity contribution is 7.64. The molecule has 0 fully saturated rings. The first-order valence-electron chi connectivity index (χ1n) is 3.14. The summed E-state index contributed by atoms with van der Waals surface area (Å²) < 4.78 is 25.1. The topological polar surface area (TPSA) is 89.5 Å². The second kappa shape index (κ2) is 3.83. The fraction of sp³-hybridized carbons (Fsp3) is 1.00. The number of hydrogen-bond donors (Lipinski definition) is 0. The van der Waals surface area contributed by atoms with Crippen LogP contribution in [0.3, 0.4) is 0 Å². The first-order valence-corrected chi connectivity index (χ1v) is 6.60. The van der Waals surface area contributed by atoms with Gasteiger partial charge in [0.25, 0.3) is 0 Å². The van der Waals surface area contributed by atoms with Crippen molar-refractivity contribution in [3.63, 3.8) is 0 Å². The molecule has 0 aliphatic heterocycles. The van der Waals surface area contributed by atoms with Crippen molar-refractivity contribution in [2.75, 3.05) is 12.3 Å². The summed E-state index contributed by atoms with van der Waals surface area (Å²) in [5.41, 5.74) is 0. The van der Waals surface area contributed by atoms with Crippen molar-refractivity contribution >= 4 is 15.2 Å². The SMILES string of the molecule is CCP(=O)([O-])OP(=O)([O-])CC. The summed E-state index contributed by atoms with van der Waals surface area (Å²) in [4.78, 5) is 21.2. The van der Waals surface area contributed by atoms with Gasteiger partial charge >= 0.3 is 0 Å². The van der Waals surface area contributed by atoms with E-state index in [0.29, 0.717) is 0 Å². The predicted molar refractivity (Wildman–Crippen MR) is 37.4 cm³/mol. The normalized spacial score (nSPS) is 22.2. The van der Waals surface area contributed by atoms with Crippen molar-refractivity contribution < 1.29 is 23.2 Å². The van der Waals surface area contributed by atoms with Gasteiger partial charge in [-0.25, -0.2) is 0 Å². The standard InChI is InChI=1S/C4H12O5P2/c1-3-10(5,6)9-11(7,8)4-2/h3-4H2,1-2H3,(H,5,6)(H,7,8)/p-2. The van der Waals surface area contributed by atoms with Crippen molar-refractivity contribution in [3.8, 4) is 0 Å². The van der Waals surface area contributed by atoms with Gasteiger partial charge in [-0.1, -0.05) is 13.8 Å². The van der Waals surface area contributed by atoms with E-state index in [0.717, 1.165) is 0 Å². The molecule has 0 aliphatic rings. The van der Waals surface area contributed by atoms with Gasteiger partial charge < -0.3 is 18.9 Å². The van der Waals surface area contributed by atoms with Crippen molar-refractivity contribution in [2.24, 2.45) is 0 Å². The Morgan fingerprint density at radius 2 is 1.36 bits per heavy atom. The van der Waals surface area contributed by atoms with Crippen molar-refractivity contribution in [2.45, 2.75) is 13.8 Å². The quantitative estimate of drug-likeness (QED) is 0.602. The Morgan fingerprint density at radius 3 is 1.55 bits per heavy atom. The summed E-state index contributed by atoms with van der Waals surface area (Å²) in [7, 11) is -8.27. The molecule has 2 atom stereocenters. The van der Waals surface area contributed by atoms with E-state index in [1.165, 1.54) is 13.8 Å². The molecule has 0 N–H and O–H groups in total. The van der Waals surface area contributed by atoms with Crippen LogP contribution in [-0.4, -0.2) is 12.3 Å². The minimum atomic E-state index is -4.14. The van der Waals surface area contributed by atoms with Gasteiger partial charge in [0.1, 0.15) is 15.2 Å². The molecule has 0 aliphatic carbocycles. The fourth-order valence-electron chi connectivity index (χ4n) is 0.305. The van der Waals surface area contributed by atoms with E-state index in [1.54, 1.807) is 0 Å². The summed E-state index contributed by atoms with van der Waals surface area (Å²) in [6, 6.07) is 0. The van der Waals surface area contributed by atoms with Crippen LogP contribution in [-0.2, 0) is 13.4 Å². The van der Waals surface area contributed by atoms with E-state index in [2.05, 4.69) is 4.31 Å². The molecular formula is C4H10O5P2-2. The Labute approximate surface area is 65.5 Å². The smallest absolute Gasteiger partial charge is 0.140 e. The van der Waals surface area contributed by atoms with Crippen LogP contribution >= 0.6 is 15.2 Å². The van der Waals surface area contributed by atoms with Gasteiger partial charge in [0.2, 0.25) is 0 Å². The van der Waals surface area contributed by atoms with E-state index in [1.807, 2.05) is 0 Å². The molecular weight excluding hydrogens is 190 g/mol. The van der Waals surface area contributed by atoms with Crippen LogP contribution in [0.4, 0.5) is 0 Å². The largest absolute Gasteiger partial charge is 0.778 e. The highest BCUT2D eigenvalue weighted by Crippen LogP contribution is 2.53. The van der Waals surface area contributed by atoms with E-state index in [9.17, 15) is 18.9 Å². The zero-order chi connectivity index (χ0) is 9.12. The molecule has 0 heterocycles. The van der Waals surface area contributed by atoms with Gasteiger partial charge in [-0.2, -0.15) is 0 Å². The lowest BCUT2D eigenvalue weighted by Gasteiger charge is -2.30. The summed E-state index contributed by atoms with van der Waals surface area (Å²) >= 11 is 0. The Balaban J connectivity index is 4.26. The van der Waals surface area contributed by atoms with Crippen LogP contribution in [0.5, 0.6) is 0 Å². The average molecular weight is 200 g/mol. The molecule has 7 heteroatoms. The average Bonchev–Trinajstić information content (AvgIpc) is 1.86. The van der Waals surface area contributed by atoms with Crippen LogP contribution in [0.2, 0.25) is 0 Å². The first kappa shape index (κ1) is 11.3. The monoisotopic (exact) mass is 200 g/mol. The highest BCUT2D eigenvalue weighted by atomic mass is 31.3. The van der Waals surface area contributed by atoms with Gasteiger partial charge in [0.15, 0.2) is 0 Å². The molecule has 0 saturated carbocycles. The van der Waals surface area contributed by atoms with Gasteiger partial charge in [0, 0.05) is 12.3 Å². The molecule has 0 aromatic heterocycles. The second-order valence-electron chi connectivity index (χ2n) is 1.94. The Morgan fingerprint density at radius 1 is 1.09 bits per heavy atom. The minimum absolute atomic E-state index is 0.306. The summed E-state index contributed by atoms with van der Waals surface area (Å²) in [5, 5.41) is 0. The fourth-order valence-corrected chi connectivity index (χ4v) is 2.75. The third-order valence-electron chi connectivity index (χ3n) is 1.02. The molecule has 5 nitrogen and oxygen atoms in total. The number of rotatable bonds is 4. The minimum Gasteiger partial charge on any atom is -0.778 e. The highest BCUT2D eigenvalue weighted by Gasteiger charge is 2.13. The van der Waals surface area contributed by atoms with Crippen molar-refractivity contribution in [1.82, 2.24) is 0 Å². The Hall–Kier alpha value is 0.340. The van der Waals surface area contributed by atoms with Crippen molar-refractivity contribution in [1.29, 1.82) is 0 Å². The Bertz CT molecular complexity index is 191. The van der Waals surface area contributed by atoms with Gasteiger partial charge in [-0.05, 0) is 0 Å². The summed E-state index contributed by atoms with van der Waals surface area (Å²) in [5.74, 6) is 0. The molecule has 0 aromatic rings. The molecule has 0 radical (unpaired) electrons. The lowest BCUT2D eigenvalue weighted by molar-refractivity contribution is -0.213. The lowest BCUT2D eigenvalue weighted by atomic mass is 11.0. The van der Waals surface area contributed by atoms with Crippen LogP contribution in [0.1, 0.15) is 13.8 Å². The van der Waals surface area contributed by atoms with Crippen LogP contribution < -0.4 is 9.79 Å². The zero-order valence-corrected chi connectivity index (χ0v) is 8.14. The van der Waals surface area contributed by atoms with Gasteiger partial charge in [-0.15, -0.1) is 0 Å². The van der Waals surface area contributed by atoms with E-state index in [-0.39, 0.29) is 12.3 Å². The van der Waals surface area contributed by atoms with E-state index >= 15 is 0 Å². The molecule has 0 bridgehead atoms. The molecule has 68 valence electrons. The second-order valence-corrected chi connectivity index (χ2v) is 6.30. The third-order valence-corrected chi connectivity index (χ3v) is 4.56. The predicted octanol–water partition coefficient (Wildman–Crippen LogP) is 0.150. The van der Waals surface area contributed by atoms with Crippen LogP contribution in [0.15, 0.2) is 0 Å². The van der Waals surface area contributed by atoms with E-state index < -0.39 is 15.2 Å². The molecule has 2 unspecified atom stereocenters. The van der Waals surface area contributed by atoms with E-state index in [4.69, 9.17) is 0 Å². The maximum Gasteiger partial charge on any atom is 0.140 e.